The van der Waals surface area contributed by atoms with Crippen molar-refractivity contribution in [3.8, 4) is 0 Å². The van der Waals surface area contributed by atoms with Gasteiger partial charge in [-0.25, -0.2) is 0 Å². The summed E-state index contributed by atoms with van der Waals surface area (Å²) in [5.74, 6) is 0. The Morgan fingerprint density at radius 2 is 1.00 bits per heavy atom. The minimum Gasteiger partial charge on any atom is 0 e. The van der Waals surface area contributed by atoms with Gasteiger partial charge in [0.15, 0.2) is 0 Å². The molecule has 0 aromatic heterocycles. The van der Waals surface area contributed by atoms with Crippen LogP contribution in [0.4, 0.5) is 0 Å². The summed E-state index contributed by atoms with van der Waals surface area (Å²) >= 11 is 0. The van der Waals surface area contributed by atoms with Crippen molar-refractivity contribution in [2.24, 2.45) is 0 Å². The van der Waals surface area contributed by atoms with Gasteiger partial charge in [-0.15, -0.1) is 0 Å². The second kappa shape index (κ2) is 21.3. The molecule has 4 heteroatoms. The molecule has 0 saturated carbocycles. The molecule has 0 amide bonds. The van der Waals surface area contributed by atoms with Crippen molar-refractivity contribution in [2.75, 3.05) is 0 Å². The van der Waals surface area contributed by atoms with Crippen LogP contribution >= 0.6 is 9.90 Å². The molecule has 24 valence electrons. The number of hydrogen-bond donors (Lipinski definition) is 1. The van der Waals surface area contributed by atoms with Crippen molar-refractivity contribution in [3.63, 3.8) is 0 Å². The van der Waals surface area contributed by atoms with Crippen LogP contribution in [0.1, 0.15) is 0 Å². The van der Waals surface area contributed by atoms with Crippen molar-refractivity contribution < 1.29 is 19.5 Å². The average Bonchev–Trinajstić information content (AvgIpc) is 0. The van der Waals surface area contributed by atoms with Gasteiger partial charge < -0.3 is 6.15 Å². The summed E-state index contributed by atoms with van der Waals surface area (Å²) in [6.07, 6.45) is 0. The summed E-state index contributed by atoms with van der Waals surface area (Å²) in [5.41, 5.74) is 0. The zero-order valence-corrected chi connectivity index (χ0v) is 11.2. The summed E-state index contributed by atoms with van der Waals surface area (Å²) in [5, 5.41) is 0. The van der Waals surface area contributed by atoms with Crippen LogP contribution in [0.5, 0.6) is 0 Å². The van der Waals surface area contributed by atoms with Crippen LogP contribution in [0.15, 0.2) is 0 Å². The third kappa shape index (κ3) is 9.18. The Kier molecular flexibility index (Phi) is 218. The Morgan fingerprint density at radius 1 is 1.00 bits per heavy atom. The first-order valence-electron chi connectivity index (χ1n) is 0. The van der Waals surface area contributed by atoms with Crippen molar-refractivity contribution in [2.45, 2.75) is 0 Å². The maximum atomic E-state index is 0. The van der Waals surface area contributed by atoms with Gasteiger partial charge >= 0.3 is 23.9 Å². The van der Waals surface area contributed by atoms with Crippen LogP contribution < -0.4 is 6.15 Å². The maximum Gasteiger partial charge on any atom is 0 e. The van der Waals surface area contributed by atoms with Gasteiger partial charge in [0.1, 0.15) is 0 Å². The molecule has 1 atom stereocenters. The number of hydrogen-bond acceptors (Lipinski definition) is 1. The topological polar surface area (TPSA) is 35.0 Å². The van der Waals surface area contributed by atoms with E-state index in [0.717, 1.165) is 0 Å². The van der Waals surface area contributed by atoms with Gasteiger partial charge in [0.05, 0.1) is 0 Å². The Balaban J connectivity index is 0. The SMILES string of the molecule is N.P.[SnH2].[Zn]. The second-order valence-electron chi connectivity index (χ2n) is 0. The number of rotatable bonds is 0. The molecule has 0 aromatic rings. The molecule has 0 saturated heterocycles. The van der Waals surface area contributed by atoms with Gasteiger partial charge in [-0.2, -0.15) is 9.90 Å². The van der Waals surface area contributed by atoms with E-state index in [1.54, 1.807) is 0 Å². The molecule has 1 unspecified atom stereocenters. The van der Waals surface area contributed by atoms with Gasteiger partial charge in [0.25, 0.3) is 0 Å². The van der Waals surface area contributed by atoms with E-state index in [4.69, 9.17) is 0 Å². The molecule has 0 aliphatic carbocycles. The van der Waals surface area contributed by atoms with Gasteiger partial charge in [-0.3, -0.25) is 0 Å². The van der Waals surface area contributed by atoms with E-state index >= 15 is 0 Å². The van der Waals surface area contributed by atoms with Gasteiger partial charge in [-0.1, -0.05) is 0 Å². The quantitative estimate of drug-likeness (QED) is 0.439. The second-order valence-corrected chi connectivity index (χ2v) is 0. The molecule has 0 aromatic carbocycles. The predicted octanol–water partition coefficient (Wildman–Crippen LogP) is -0.699. The molecule has 0 spiro atoms. The van der Waals surface area contributed by atoms with Crippen LogP contribution in [0, 0.1) is 0 Å². The Hall–Kier alpha value is 1.81. The summed E-state index contributed by atoms with van der Waals surface area (Å²) < 4.78 is 0. The normalized spacial score (nSPS) is 0. The minimum atomic E-state index is 0. The Morgan fingerprint density at radius 3 is 1.00 bits per heavy atom. The largest absolute Gasteiger partial charge is 0 e. The standard InChI is InChI=1S/H3N.H3P.Sn.Zn.2H/h2*1H3;;;;. The molecule has 0 fully saturated rings. The predicted molar refractivity (Wildman–Crippen MR) is 24.7 cm³/mol. The Bertz CT molecular complexity index is 8.00. The summed E-state index contributed by atoms with van der Waals surface area (Å²) in [7, 11) is 0. The van der Waals surface area contributed by atoms with Gasteiger partial charge in [-0.05, 0) is 0 Å². The molecule has 0 bridgehead atoms. The van der Waals surface area contributed by atoms with Gasteiger partial charge in [0.2, 0.25) is 0 Å². The van der Waals surface area contributed by atoms with E-state index < -0.39 is 0 Å². The molecule has 0 rings (SSSR count). The van der Waals surface area contributed by atoms with Crippen LogP contribution in [0.3, 0.4) is 0 Å². The molecule has 0 aliphatic rings. The molecule has 2 radical (unpaired) electrons. The van der Waals surface area contributed by atoms with Crippen molar-refractivity contribution >= 4 is 33.8 Å². The van der Waals surface area contributed by atoms with Crippen molar-refractivity contribution in [3.05, 3.63) is 0 Å². The molecule has 3 N–H and O–H groups in total. The molecule has 1 nitrogen and oxygen atoms in total. The molecule has 4 heavy (non-hydrogen) atoms. The van der Waals surface area contributed by atoms with E-state index in [2.05, 4.69) is 0 Å². The fourth-order valence-electron chi connectivity index (χ4n) is 0. The fraction of sp³-hybridized carbons (Fsp3) is 0. The van der Waals surface area contributed by atoms with Crippen LogP contribution in [-0.4, -0.2) is 23.9 Å². The van der Waals surface area contributed by atoms with Crippen molar-refractivity contribution in [1.29, 1.82) is 0 Å². The van der Waals surface area contributed by atoms with E-state index in [1.165, 1.54) is 0 Å². The first-order valence-corrected chi connectivity index (χ1v) is 0. The van der Waals surface area contributed by atoms with E-state index in [-0.39, 0.29) is 59.4 Å². The molecule has 0 heterocycles. The van der Waals surface area contributed by atoms with Crippen LogP contribution in [0.2, 0.25) is 0 Å². The van der Waals surface area contributed by atoms with Crippen molar-refractivity contribution in [1.82, 2.24) is 6.15 Å². The third-order valence-corrected chi connectivity index (χ3v) is 0. The average molecular weight is 237 g/mol. The Labute approximate surface area is 59.2 Å². The third-order valence-electron chi connectivity index (χ3n) is 0. The van der Waals surface area contributed by atoms with E-state index in [0.29, 0.717) is 0 Å². The molecule has 0 aliphatic heterocycles. The summed E-state index contributed by atoms with van der Waals surface area (Å²) in [4.78, 5) is 0. The maximum absolute atomic E-state index is 0. The minimum absolute atomic E-state index is 0. The van der Waals surface area contributed by atoms with E-state index in [9.17, 15) is 0 Å². The fourth-order valence-corrected chi connectivity index (χ4v) is 0. The monoisotopic (exact) mass is 237 g/mol. The molecular formula is H8NPSnZn. The smallest absolute Gasteiger partial charge is 0 e. The zero-order valence-electron chi connectivity index (χ0n) is 2.83. The van der Waals surface area contributed by atoms with Gasteiger partial charge in [0, 0.05) is 19.5 Å². The first kappa shape index (κ1) is 41.0. The van der Waals surface area contributed by atoms with Crippen LogP contribution in [0.25, 0.3) is 0 Å². The summed E-state index contributed by atoms with van der Waals surface area (Å²) in [6.45, 7) is 0. The summed E-state index contributed by atoms with van der Waals surface area (Å²) in [6, 6.07) is 0. The molecular weight excluding hydrogens is 229 g/mol. The van der Waals surface area contributed by atoms with Crippen LogP contribution in [-0.2, 0) is 19.5 Å². The zero-order chi connectivity index (χ0) is 0. The van der Waals surface area contributed by atoms with E-state index in [1.807, 2.05) is 0 Å². The first-order chi connectivity index (χ1) is 0.